The van der Waals surface area contributed by atoms with E-state index < -0.39 is 0 Å². The van der Waals surface area contributed by atoms with E-state index in [9.17, 15) is 0 Å². The highest BCUT2D eigenvalue weighted by atomic mass is 32.1. The molecule has 108 valence electrons. The Bertz CT molecular complexity index is 664. The predicted molar refractivity (Wildman–Crippen MR) is 92.8 cm³/mol. The molecule has 3 rings (SSSR count). The van der Waals surface area contributed by atoms with Gasteiger partial charge in [-0.2, -0.15) is 0 Å². The van der Waals surface area contributed by atoms with Gasteiger partial charge in [-0.25, -0.2) is 0 Å². The van der Waals surface area contributed by atoms with Crippen molar-refractivity contribution >= 4 is 23.0 Å². The molecule has 2 aromatic carbocycles. The van der Waals surface area contributed by atoms with Crippen molar-refractivity contribution in [1.82, 2.24) is 5.32 Å². The minimum atomic E-state index is 0.129. The SMILES string of the molecule is Cc1ccc2c(c1)N(C(C)C)C(=S)NC2c1ccccc1. The van der Waals surface area contributed by atoms with Crippen LogP contribution in [0.25, 0.3) is 0 Å². The monoisotopic (exact) mass is 296 g/mol. The molecule has 0 spiro atoms. The molecule has 1 atom stereocenters. The molecule has 1 N–H and O–H groups in total. The summed E-state index contributed by atoms with van der Waals surface area (Å²) >= 11 is 5.61. The van der Waals surface area contributed by atoms with Crippen molar-refractivity contribution in [2.24, 2.45) is 0 Å². The fourth-order valence-electron chi connectivity index (χ4n) is 2.91. The van der Waals surface area contributed by atoms with Crippen LogP contribution in [-0.4, -0.2) is 11.2 Å². The maximum atomic E-state index is 5.61. The molecule has 0 bridgehead atoms. The van der Waals surface area contributed by atoms with Crippen molar-refractivity contribution in [1.29, 1.82) is 0 Å². The van der Waals surface area contributed by atoms with Gasteiger partial charge in [-0.05, 0) is 50.2 Å². The van der Waals surface area contributed by atoms with Crippen LogP contribution in [0.5, 0.6) is 0 Å². The number of hydrogen-bond donors (Lipinski definition) is 1. The van der Waals surface area contributed by atoms with Gasteiger partial charge in [0, 0.05) is 17.3 Å². The maximum absolute atomic E-state index is 5.61. The molecule has 0 fully saturated rings. The Morgan fingerprint density at radius 1 is 1.10 bits per heavy atom. The average Bonchev–Trinajstić information content (AvgIpc) is 2.46. The maximum Gasteiger partial charge on any atom is 0.174 e. The lowest BCUT2D eigenvalue weighted by molar-refractivity contribution is 0.691. The zero-order chi connectivity index (χ0) is 15.0. The van der Waals surface area contributed by atoms with Gasteiger partial charge in [0.2, 0.25) is 0 Å². The number of benzene rings is 2. The topological polar surface area (TPSA) is 15.3 Å². The Morgan fingerprint density at radius 2 is 1.81 bits per heavy atom. The molecule has 2 aromatic rings. The third kappa shape index (κ3) is 2.54. The molecule has 2 nitrogen and oxygen atoms in total. The standard InChI is InChI=1S/C18H20N2S/c1-12(2)20-16-11-13(3)9-10-15(16)17(19-18(20)21)14-7-5-4-6-8-14/h4-12,17H,1-3H3,(H,19,21). The van der Waals surface area contributed by atoms with Crippen LogP contribution in [0.1, 0.15) is 36.6 Å². The fraction of sp³-hybridized carbons (Fsp3) is 0.278. The minimum Gasteiger partial charge on any atom is -0.351 e. The molecule has 0 saturated carbocycles. The van der Waals surface area contributed by atoms with Crippen molar-refractivity contribution < 1.29 is 0 Å². The predicted octanol–water partition coefficient (Wildman–Crippen LogP) is 4.19. The largest absolute Gasteiger partial charge is 0.351 e. The fourth-order valence-corrected chi connectivity index (χ4v) is 3.33. The zero-order valence-electron chi connectivity index (χ0n) is 12.6. The summed E-state index contributed by atoms with van der Waals surface area (Å²) in [5.74, 6) is 0. The van der Waals surface area contributed by atoms with Gasteiger partial charge >= 0.3 is 0 Å². The molecule has 0 amide bonds. The molecule has 0 saturated heterocycles. The second-order valence-electron chi connectivity index (χ2n) is 5.82. The highest BCUT2D eigenvalue weighted by molar-refractivity contribution is 7.80. The van der Waals surface area contributed by atoms with Crippen LogP contribution >= 0.6 is 12.2 Å². The first kappa shape index (κ1) is 14.1. The molecular weight excluding hydrogens is 276 g/mol. The highest BCUT2D eigenvalue weighted by Crippen LogP contribution is 2.36. The second kappa shape index (κ2) is 5.49. The number of rotatable bonds is 2. The van der Waals surface area contributed by atoms with Crippen LogP contribution in [0.2, 0.25) is 0 Å². The molecule has 3 heteroatoms. The molecule has 1 unspecified atom stereocenters. The van der Waals surface area contributed by atoms with Crippen LogP contribution in [0.4, 0.5) is 5.69 Å². The quantitative estimate of drug-likeness (QED) is 0.837. The lowest BCUT2D eigenvalue weighted by Crippen LogP contribution is -2.49. The van der Waals surface area contributed by atoms with Gasteiger partial charge in [-0.15, -0.1) is 0 Å². The molecule has 0 radical (unpaired) electrons. The smallest absolute Gasteiger partial charge is 0.174 e. The van der Waals surface area contributed by atoms with Crippen LogP contribution in [-0.2, 0) is 0 Å². The van der Waals surface area contributed by atoms with Gasteiger partial charge in [0.15, 0.2) is 5.11 Å². The first-order valence-electron chi connectivity index (χ1n) is 7.33. The molecule has 1 aliphatic rings. The Labute approximate surface area is 131 Å². The summed E-state index contributed by atoms with van der Waals surface area (Å²) in [6, 6.07) is 17.6. The van der Waals surface area contributed by atoms with Crippen LogP contribution in [0.3, 0.4) is 0 Å². The van der Waals surface area contributed by atoms with E-state index in [-0.39, 0.29) is 6.04 Å². The number of aryl methyl sites for hydroxylation is 1. The van der Waals surface area contributed by atoms with Gasteiger partial charge in [0.1, 0.15) is 0 Å². The lowest BCUT2D eigenvalue weighted by atomic mass is 9.93. The van der Waals surface area contributed by atoms with Crippen molar-refractivity contribution in [3.05, 3.63) is 65.2 Å². The normalized spacial score (nSPS) is 17.6. The van der Waals surface area contributed by atoms with Crippen molar-refractivity contribution in [3.8, 4) is 0 Å². The number of anilines is 1. The molecule has 0 aromatic heterocycles. The van der Waals surface area contributed by atoms with E-state index in [0.717, 1.165) is 5.11 Å². The van der Waals surface area contributed by atoms with Gasteiger partial charge in [0.05, 0.1) is 6.04 Å². The van der Waals surface area contributed by atoms with E-state index in [1.54, 1.807) is 0 Å². The number of nitrogens with one attached hydrogen (secondary N) is 1. The zero-order valence-corrected chi connectivity index (χ0v) is 13.4. The molecule has 1 heterocycles. The van der Waals surface area contributed by atoms with E-state index >= 15 is 0 Å². The molecule has 0 aliphatic carbocycles. The third-order valence-corrected chi connectivity index (χ3v) is 4.21. The summed E-state index contributed by atoms with van der Waals surface area (Å²) in [6.07, 6.45) is 0. The summed E-state index contributed by atoms with van der Waals surface area (Å²) in [5, 5.41) is 4.30. The minimum absolute atomic E-state index is 0.129. The van der Waals surface area contributed by atoms with E-state index in [2.05, 4.69) is 73.5 Å². The number of fused-ring (bicyclic) bond motifs is 1. The van der Waals surface area contributed by atoms with Gasteiger partial charge in [-0.3, -0.25) is 0 Å². The van der Waals surface area contributed by atoms with E-state index in [4.69, 9.17) is 12.2 Å². The Kier molecular flexibility index (Phi) is 3.68. The lowest BCUT2D eigenvalue weighted by Gasteiger charge is -2.40. The van der Waals surface area contributed by atoms with Crippen LogP contribution in [0, 0.1) is 6.92 Å². The second-order valence-corrected chi connectivity index (χ2v) is 6.21. The number of thiocarbonyl (C=S) groups is 1. The summed E-state index contributed by atoms with van der Waals surface area (Å²) in [6.45, 7) is 6.47. The highest BCUT2D eigenvalue weighted by Gasteiger charge is 2.30. The van der Waals surface area contributed by atoms with Gasteiger partial charge < -0.3 is 10.2 Å². The third-order valence-electron chi connectivity index (χ3n) is 3.89. The Morgan fingerprint density at radius 3 is 2.48 bits per heavy atom. The van der Waals surface area contributed by atoms with E-state index in [1.165, 1.54) is 22.4 Å². The van der Waals surface area contributed by atoms with Crippen molar-refractivity contribution in [3.63, 3.8) is 0 Å². The molecular formula is C18H20N2S. The first-order chi connectivity index (χ1) is 10.1. The summed E-state index contributed by atoms with van der Waals surface area (Å²) in [7, 11) is 0. The molecule has 21 heavy (non-hydrogen) atoms. The van der Waals surface area contributed by atoms with Crippen LogP contribution in [0.15, 0.2) is 48.5 Å². The van der Waals surface area contributed by atoms with Gasteiger partial charge in [0.25, 0.3) is 0 Å². The first-order valence-corrected chi connectivity index (χ1v) is 7.74. The van der Waals surface area contributed by atoms with Crippen LogP contribution < -0.4 is 10.2 Å². The summed E-state index contributed by atoms with van der Waals surface area (Å²) in [5.41, 5.74) is 5.01. The van der Waals surface area contributed by atoms with Gasteiger partial charge in [-0.1, -0.05) is 42.5 Å². The van der Waals surface area contributed by atoms with E-state index in [1.807, 2.05) is 6.07 Å². The Balaban J connectivity index is 2.15. The van der Waals surface area contributed by atoms with Crippen molar-refractivity contribution in [2.45, 2.75) is 32.9 Å². The number of nitrogens with zero attached hydrogens (tertiary/aromatic N) is 1. The van der Waals surface area contributed by atoms with Crippen molar-refractivity contribution in [2.75, 3.05) is 4.90 Å². The average molecular weight is 296 g/mol. The summed E-state index contributed by atoms with van der Waals surface area (Å²) < 4.78 is 0. The van der Waals surface area contributed by atoms with E-state index in [0.29, 0.717) is 6.04 Å². The Hall–Kier alpha value is -1.87. The number of hydrogen-bond acceptors (Lipinski definition) is 1. The summed E-state index contributed by atoms with van der Waals surface area (Å²) in [4.78, 5) is 2.21. The molecule has 1 aliphatic heterocycles.